The Kier molecular flexibility index (Phi) is 6.00. The Morgan fingerprint density at radius 2 is 1.86 bits per heavy atom. The van der Waals surface area contributed by atoms with E-state index in [-0.39, 0.29) is 5.91 Å². The molecule has 2 aliphatic rings. The average molecular weight is 396 g/mol. The van der Waals surface area contributed by atoms with E-state index in [0.717, 1.165) is 49.5 Å². The highest BCUT2D eigenvalue weighted by atomic mass is 16.5. The van der Waals surface area contributed by atoms with Crippen LogP contribution in [0.25, 0.3) is 0 Å². The fraction of sp³-hybridized carbons (Fsp3) is 0.478. The van der Waals surface area contributed by atoms with Gasteiger partial charge >= 0.3 is 0 Å². The zero-order valence-corrected chi connectivity index (χ0v) is 17.2. The first-order chi connectivity index (χ1) is 14.2. The molecule has 154 valence electrons. The summed E-state index contributed by atoms with van der Waals surface area (Å²) in [7, 11) is 3.36. The van der Waals surface area contributed by atoms with Gasteiger partial charge in [-0.3, -0.25) is 14.7 Å². The standard InChI is InChI=1S/C23H29N3O3/c1-28-20-10-18(11-21(12-20)29-2)14-25-9-7-22-19(16-25)5-6-23(27)26(22)15-17-4-3-8-24-13-17/h3-4,8,10-13,19,22H,5-7,9,14-16H2,1-2H3/t19-,22+/m1/s1. The van der Waals surface area contributed by atoms with Crippen LogP contribution in [0.4, 0.5) is 0 Å². The van der Waals surface area contributed by atoms with Gasteiger partial charge in [0.2, 0.25) is 5.91 Å². The number of amides is 1. The number of nitrogens with zero attached hydrogens (tertiary/aromatic N) is 3. The molecule has 29 heavy (non-hydrogen) atoms. The van der Waals surface area contributed by atoms with Gasteiger partial charge in [0, 0.05) is 57.1 Å². The van der Waals surface area contributed by atoms with Crippen LogP contribution in [0.5, 0.6) is 11.5 Å². The number of benzene rings is 1. The number of hydrogen-bond acceptors (Lipinski definition) is 5. The maximum Gasteiger partial charge on any atom is 0.223 e. The Labute approximate surface area is 172 Å². The molecule has 2 saturated heterocycles. The fourth-order valence-electron chi connectivity index (χ4n) is 4.68. The maximum absolute atomic E-state index is 12.6. The molecule has 1 aromatic heterocycles. The largest absolute Gasteiger partial charge is 0.497 e. The number of methoxy groups -OCH3 is 2. The lowest BCUT2D eigenvalue weighted by molar-refractivity contribution is -0.142. The third-order valence-electron chi connectivity index (χ3n) is 6.12. The van der Waals surface area contributed by atoms with Crippen LogP contribution in [0.2, 0.25) is 0 Å². The van der Waals surface area contributed by atoms with Crippen molar-refractivity contribution in [2.45, 2.75) is 38.4 Å². The van der Waals surface area contributed by atoms with E-state index < -0.39 is 0 Å². The Bertz CT molecular complexity index is 820. The molecule has 2 fully saturated rings. The minimum Gasteiger partial charge on any atom is -0.497 e. The molecule has 1 amide bonds. The lowest BCUT2D eigenvalue weighted by atomic mass is 9.83. The third-order valence-corrected chi connectivity index (χ3v) is 6.12. The van der Waals surface area contributed by atoms with Crippen molar-refractivity contribution in [3.05, 3.63) is 53.9 Å². The van der Waals surface area contributed by atoms with Crippen LogP contribution in [0.15, 0.2) is 42.7 Å². The van der Waals surface area contributed by atoms with Crippen LogP contribution in [0.3, 0.4) is 0 Å². The van der Waals surface area contributed by atoms with Crippen molar-refractivity contribution in [2.75, 3.05) is 27.3 Å². The van der Waals surface area contributed by atoms with E-state index >= 15 is 0 Å². The minimum atomic E-state index is 0.279. The number of likely N-dealkylation sites (tertiary alicyclic amines) is 2. The van der Waals surface area contributed by atoms with Crippen LogP contribution in [0.1, 0.15) is 30.4 Å². The molecule has 0 saturated carbocycles. The SMILES string of the molecule is COc1cc(CN2CC[C@H]3[C@H](CCC(=O)N3Cc3cccnc3)C2)cc(OC)c1. The fourth-order valence-corrected chi connectivity index (χ4v) is 4.68. The molecule has 0 aliphatic carbocycles. The number of fused-ring (bicyclic) bond motifs is 1. The van der Waals surface area contributed by atoms with Crippen molar-refractivity contribution < 1.29 is 14.3 Å². The van der Waals surface area contributed by atoms with E-state index in [1.54, 1.807) is 20.4 Å². The van der Waals surface area contributed by atoms with Crippen molar-refractivity contribution >= 4 is 5.91 Å². The van der Waals surface area contributed by atoms with Gasteiger partial charge in [0.1, 0.15) is 11.5 Å². The molecular formula is C23H29N3O3. The van der Waals surface area contributed by atoms with Gasteiger partial charge in [0.25, 0.3) is 0 Å². The van der Waals surface area contributed by atoms with Gasteiger partial charge in [-0.1, -0.05) is 6.07 Å². The highest BCUT2D eigenvalue weighted by molar-refractivity contribution is 5.77. The number of rotatable bonds is 6. The van der Waals surface area contributed by atoms with Crippen molar-refractivity contribution in [1.82, 2.24) is 14.8 Å². The Balaban J connectivity index is 1.43. The van der Waals surface area contributed by atoms with Gasteiger partial charge in [0.05, 0.1) is 14.2 Å². The van der Waals surface area contributed by atoms with Crippen LogP contribution in [0, 0.1) is 5.92 Å². The van der Waals surface area contributed by atoms with Crippen LogP contribution < -0.4 is 9.47 Å². The van der Waals surface area contributed by atoms with Gasteiger partial charge in [-0.05, 0) is 48.1 Å². The number of pyridine rings is 1. The lowest BCUT2D eigenvalue weighted by Gasteiger charge is -2.47. The third kappa shape index (κ3) is 4.53. The monoisotopic (exact) mass is 395 g/mol. The van der Waals surface area contributed by atoms with Crippen molar-refractivity contribution in [3.63, 3.8) is 0 Å². The van der Waals surface area contributed by atoms with E-state index in [4.69, 9.17) is 9.47 Å². The molecule has 6 nitrogen and oxygen atoms in total. The van der Waals surface area contributed by atoms with E-state index in [1.807, 2.05) is 18.3 Å². The number of piperidine rings is 2. The minimum absolute atomic E-state index is 0.279. The molecule has 2 atom stereocenters. The Morgan fingerprint density at radius 3 is 2.55 bits per heavy atom. The first-order valence-electron chi connectivity index (χ1n) is 10.3. The van der Waals surface area contributed by atoms with Gasteiger partial charge in [0.15, 0.2) is 0 Å². The molecule has 0 bridgehead atoms. The zero-order valence-electron chi connectivity index (χ0n) is 17.2. The lowest BCUT2D eigenvalue weighted by Crippen LogP contribution is -2.55. The topological polar surface area (TPSA) is 54.9 Å². The number of hydrogen-bond donors (Lipinski definition) is 0. The summed E-state index contributed by atoms with van der Waals surface area (Å²) in [4.78, 5) is 21.4. The van der Waals surface area contributed by atoms with Crippen LogP contribution in [-0.2, 0) is 17.9 Å². The summed E-state index contributed by atoms with van der Waals surface area (Å²) in [5, 5.41) is 0. The summed E-state index contributed by atoms with van der Waals surface area (Å²) < 4.78 is 10.8. The van der Waals surface area contributed by atoms with Crippen LogP contribution >= 0.6 is 0 Å². The molecule has 4 rings (SSSR count). The predicted octanol–water partition coefficient (Wildman–Crippen LogP) is 3.11. The van der Waals surface area contributed by atoms with Gasteiger partial charge in [-0.25, -0.2) is 0 Å². The summed E-state index contributed by atoms with van der Waals surface area (Å²) in [6.45, 7) is 3.53. The van der Waals surface area contributed by atoms with Crippen molar-refractivity contribution in [1.29, 1.82) is 0 Å². The number of carbonyl (C=O) groups excluding carboxylic acids is 1. The molecule has 0 spiro atoms. The highest BCUT2D eigenvalue weighted by Gasteiger charge is 2.39. The first-order valence-corrected chi connectivity index (χ1v) is 10.3. The molecule has 2 aromatic rings. The summed E-state index contributed by atoms with van der Waals surface area (Å²) in [6.07, 6.45) is 6.27. The van der Waals surface area contributed by atoms with E-state index in [2.05, 4.69) is 33.0 Å². The van der Waals surface area contributed by atoms with Gasteiger partial charge < -0.3 is 14.4 Å². The zero-order chi connectivity index (χ0) is 20.2. The normalized spacial score (nSPS) is 22.3. The van der Waals surface area contributed by atoms with E-state index in [9.17, 15) is 4.79 Å². The number of carbonyl (C=O) groups is 1. The van der Waals surface area contributed by atoms with Crippen molar-refractivity contribution in [2.24, 2.45) is 5.92 Å². The summed E-state index contributed by atoms with van der Waals surface area (Å²) in [6, 6.07) is 10.4. The summed E-state index contributed by atoms with van der Waals surface area (Å²) >= 11 is 0. The van der Waals surface area contributed by atoms with Gasteiger partial charge in [-0.15, -0.1) is 0 Å². The number of ether oxygens (including phenoxy) is 2. The quantitative estimate of drug-likeness (QED) is 0.752. The average Bonchev–Trinajstić information content (AvgIpc) is 2.76. The second-order valence-electron chi connectivity index (χ2n) is 7.99. The molecule has 1 aromatic carbocycles. The molecule has 0 N–H and O–H groups in total. The van der Waals surface area contributed by atoms with Crippen LogP contribution in [-0.4, -0.2) is 54.0 Å². The Morgan fingerprint density at radius 1 is 1.07 bits per heavy atom. The molecule has 2 aliphatic heterocycles. The van der Waals surface area contributed by atoms with Gasteiger partial charge in [-0.2, -0.15) is 0 Å². The summed E-state index contributed by atoms with van der Waals surface area (Å²) in [5.74, 6) is 2.44. The molecular weight excluding hydrogens is 366 g/mol. The summed E-state index contributed by atoms with van der Waals surface area (Å²) in [5.41, 5.74) is 2.30. The Hall–Kier alpha value is -2.60. The smallest absolute Gasteiger partial charge is 0.223 e. The molecule has 0 unspecified atom stereocenters. The number of aromatic nitrogens is 1. The van der Waals surface area contributed by atoms with E-state index in [1.165, 1.54) is 5.56 Å². The molecule has 0 radical (unpaired) electrons. The second-order valence-corrected chi connectivity index (χ2v) is 7.99. The predicted molar refractivity (Wildman–Crippen MR) is 111 cm³/mol. The highest BCUT2D eigenvalue weighted by Crippen LogP contribution is 2.33. The maximum atomic E-state index is 12.6. The van der Waals surface area contributed by atoms with Crippen molar-refractivity contribution in [3.8, 4) is 11.5 Å². The first kappa shape index (κ1) is 19.7. The molecule has 3 heterocycles. The van der Waals surface area contributed by atoms with E-state index in [0.29, 0.717) is 24.9 Å². The second kappa shape index (κ2) is 8.82. The molecule has 6 heteroatoms.